The topological polar surface area (TPSA) is 90.6 Å². The van der Waals surface area contributed by atoms with Crippen molar-refractivity contribution in [2.45, 2.75) is 13.5 Å². The predicted molar refractivity (Wildman–Crippen MR) is 98.8 cm³/mol. The van der Waals surface area contributed by atoms with Crippen molar-refractivity contribution < 1.29 is 14.3 Å². The van der Waals surface area contributed by atoms with Crippen molar-refractivity contribution in [1.82, 2.24) is 9.97 Å². The third kappa shape index (κ3) is 3.00. The smallest absolute Gasteiger partial charge is 0.223 e. The largest absolute Gasteiger partial charge is 0.496 e. The lowest BCUT2D eigenvalue weighted by atomic mass is 10.1. The summed E-state index contributed by atoms with van der Waals surface area (Å²) in [5, 5.41) is 0.475. The Morgan fingerprint density at radius 2 is 2.08 bits per heavy atom. The van der Waals surface area contributed by atoms with Crippen LogP contribution < -0.4 is 20.1 Å². The molecule has 2 N–H and O–H groups in total. The van der Waals surface area contributed by atoms with Gasteiger partial charge in [0.15, 0.2) is 5.78 Å². The van der Waals surface area contributed by atoms with E-state index in [2.05, 4.69) is 25.9 Å². The van der Waals surface area contributed by atoms with Crippen molar-refractivity contribution in [2.75, 3.05) is 31.4 Å². The second kappa shape index (κ2) is 6.68. The lowest BCUT2D eigenvalue weighted by Crippen LogP contribution is -2.23. The van der Waals surface area contributed by atoms with Crippen LogP contribution in [-0.4, -0.2) is 36.5 Å². The zero-order chi connectivity index (χ0) is 18.3. The number of nitrogens with two attached hydrogens (primary N) is 1. The Hall–Kier alpha value is -2.06. The van der Waals surface area contributed by atoms with Crippen LogP contribution in [0, 0.1) is 6.92 Å². The Morgan fingerprint density at radius 1 is 1.36 bits per heavy atom. The molecule has 0 unspecified atom stereocenters. The van der Waals surface area contributed by atoms with Gasteiger partial charge in [0.05, 0.1) is 31.4 Å². The number of halogens is 2. The lowest BCUT2D eigenvalue weighted by molar-refractivity contribution is 0.101. The molecule has 1 aliphatic rings. The van der Waals surface area contributed by atoms with Gasteiger partial charge in [-0.15, -0.1) is 0 Å². The van der Waals surface area contributed by atoms with Gasteiger partial charge in [-0.2, -0.15) is 4.98 Å². The summed E-state index contributed by atoms with van der Waals surface area (Å²) in [6.45, 7) is 2.39. The molecule has 0 amide bonds. The minimum atomic E-state index is -0.0796. The van der Waals surface area contributed by atoms with Gasteiger partial charge in [0.25, 0.3) is 0 Å². The summed E-state index contributed by atoms with van der Waals surface area (Å²) in [6, 6.07) is 1.84. The van der Waals surface area contributed by atoms with E-state index >= 15 is 0 Å². The van der Waals surface area contributed by atoms with Crippen molar-refractivity contribution in [3.8, 4) is 11.5 Å². The number of carbonyl (C=O) groups is 1. The number of aromatic nitrogens is 2. The second-order valence-corrected chi connectivity index (χ2v) is 6.69. The fourth-order valence-electron chi connectivity index (χ4n) is 2.89. The summed E-state index contributed by atoms with van der Waals surface area (Å²) in [5.41, 5.74) is 7.71. The van der Waals surface area contributed by atoms with Gasteiger partial charge in [0, 0.05) is 12.1 Å². The highest BCUT2D eigenvalue weighted by Gasteiger charge is 2.32. The van der Waals surface area contributed by atoms with Gasteiger partial charge in [-0.1, -0.05) is 11.6 Å². The lowest BCUT2D eigenvalue weighted by Gasteiger charge is -2.21. The minimum Gasteiger partial charge on any atom is -0.496 e. The zero-order valence-electron chi connectivity index (χ0n) is 13.9. The average molecular weight is 428 g/mol. The van der Waals surface area contributed by atoms with Crippen LogP contribution in [0.25, 0.3) is 0 Å². The first kappa shape index (κ1) is 17.8. The van der Waals surface area contributed by atoms with E-state index in [0.717, 1.165) is 11.1 Å². The number of benzene rings is 1. The predicted octanol–water partition coefficient (Wildman–Crippen LogP) is 3.00. The molecule has 2 heterocycles. The molecule has 2 aromatic rings. The number of rotatable bonds is 4. The van der Waals surface area contributed by atoms with Crippen molar-refractivity contribution in [1.29, 1.82) is 0 Å². The van der Waals surface area contributed by atoms with Gasteiger partial charge in [-0.05, 0) is 34.5 Å². The molecule has 0 saturated carbocycles. The van der Waals surface area contributed by atoms with E-state index < -0.39 is 0 Å². The maximum absolute atomic E-state index is 12.3. The third-order valence-electron chi connectivity index (χ3n) is 4.06. The summed E-state index contributed by atoms with van der Waals surface area (Å²) < 4.78 is 11.2. The van der Waals surface area contributed by atoms with Crippen LogP contribution in [0.3, 0.4) is 0 Å². The van der Waals surface area contributed by atoms with Gasteiger partial charge in [-0.3, -0.25) is 4.79 Å². The highest BCUT2D eigenvalue weighted by atomic mass is 79.9. The van der Waals surface area contributed by atoms with Crippen molar-refractivity contribution in [3.63, 3.8) is 0 Å². The molecule has 0 aliphatic carbocycles. The monoisotopic (exact) mass is 426 g/mol. The number of hydrogen-bond acceptors (Lipinski definition) is 7. The average Bonchev–Trinajstić information content (AvgIpc) is 2.86. The zero-order valence-corrected chi connectivity index (χ0v) is 16.2. The molecule has 0 spiro atoms. The number of methoxy groups -OCH3 is 2. The molecule has 0 atom stereocenters. The van der Waals surface area contributed by atoms with E-state index in [9.17, 15) is 4.79 Å². The maximum Gasteiger partial charge on any atom is 0.223 e. The summed E-state index contributed by atoms with van der Waals surface area (Å²) in [6.07, 6.45) is 0. The van der Waals surface area contributed by atoms with Crippen molar-refractivity contribution >= 4 is 45.1 Å². The summed E-state index contributed by atoms with van der Waals surface area (Å²) in [4.78, 5) is 22.3. The van der Waals surface area contributed by atoms with E-state index in [4.69, 9.17) is 26.8 Å². The number of ketones is 1. The number of Topliss-reactive ketones (excluding diaryl/α,β-unsaturated/α-hetero) is 1. The van der Waals surface area contributed by atoms with E-state index in [1.165, 1.54) is 0 Å². The van der Waals surface area contributed by atoms with Crippen LogP contribution in [0.4, 0.5) is 11.8 Å². The van der Waals surface area contributed by atoms with Gasteiger partial charge in [0.2, 0.25) is 5.95 Å². The highest BCUT2D eigenvalue weighted by molar-refractivity contribution is 9.10. The van der Waals surface area contributed by atoms with E-state index in [1.807, 2.05) is 13.0 Å². The van der Waals surface area contributed by atoms with Crippen molar-refractivity contribution in [3.05, 3.63) is 32.4 Å². The normalized spacial score (nSPS) is 13.2. The molecule has 0 bridgehead atoms. The van der Waals surface area contributed by atoms with Gasteiger partial charge in [0.1, 0.15) is 21.9 Å². The molecular formula is C16H16BrClN4O3. The standard InChI is InChI=1S/C16H16BrClN4O3/c1-7-10(24-2)4-8(12(18)13(7)25-3)5-22-6-9(23)11-14(17)20-16(19)21-15(11)22/h4H,5-6H2,1-3H3,(H2,19,20,21). The number of carbonyl (C=O) groups excluding carboxylic acids is 1. The maximum atomic E-state index is 12.3. The third-order valence-corrected chi connectivity index (χ3v) is 5.05. The molecule has 0 radical (unpaired) electrons. The number of ether oxygens (including phenoxy) is 2. The molecule has 1 aromatic heterocycles. The van der Waals surface area contributed by atoms with Crippen LogP contribution >= 0.6 is 27.5 Å². The Bertz CT molecular complexity index is 875. The van der Waals surface area contributed by atoms with Crippen LogP contribution in [-0.2, 0) is 6.54 Å². The molecule has 7 nitrogen and oxygen atoms in total. The Balaban J connectivity index is 2.05. The van der Waals surface area contributed by atoms with E-state index in [-0.39, 0.29) is 18.3 Å². The van der Waals surface area contributed by atoms with Crippen LogP contribution in [0.1, 0.15) is 21.5 Å². The number of fused-ring (bicyclic) bond motifs is 1. The fraction of sp³-hybridized carbons (Fsp3) is 0.312. The minimum absolute atomic E-state index is 0.0796. The first-order chi connectivity index (χ1) is 11.9. The highest BCUT2D eigenvalue weighted by Crippen LogP contribution is 2.40. The fourth-order valence-corrected chi connectivity index (χ4v) is 3.81. The van der Waals surface area contributed by atoms with Crippen LogP contribution in [0.15, 0.2) is 10.7 Å². The van der Waals surface area contributed by atoms with Crippen molar-refractivity contribution in [2.24, 2.45) is 0 Å². The molecule has 3 rings (SSSR count). The summed E-state index contributed by atoms with van der Waals surface area (Å²) >= 11 is 9.77. The molecule has 0 saturated heterocycles. The molecule has 9 heteroatoms. The van der Waals surface area contributed by atoms with Gasteiger partial charge in [-0.25, -0.2) is 4.98 Å². The first-order valence-electron chi connectivity index (χ1n) is 7.38. The molecule has 1 aliphatic heterocycles. The van der Waals surface area contributed by atoms with Crippen LogP contribution in [0.5, 0.6) is 11.5 Å². The second-order valence-electron chi connectivity index (χ2n) is 5.56. The molecule has 132 valence electrons. The summed E-state index contributed by atoms with van der Waals surface area (Å²) in [7, 11) is 3.14. The molecular weight excluding hydrogens is 412 g/mol. The van der Waals surface area contributed by atoms with Crippen LogP contribution in [0.2, 0.25) is 5.02 Å². The number of anilines is 2. The van der Waals surface area contributed by atoms with Gasteiger partial charge < -0.3 is 20.1 Å². The number of nitrogen functional groups attached to an aromatic ring is 1. The first-order valence-corrected chi connectivity index (χ1v) is 8.55. The molecule has 25 heavy (non-hydrogen) atoms. The van der Waals surface area contributed by atoms with E-state index in [1.54, 1.807) is 19.1 Å². The summed E-state index contributed by atoms with van der Waals surface area (Å²) in [5.74, 6) is 1.70. The molecule has 0 fully saturated rings. The Labute approximate surface area is 158 Å². The Morgan fingerprint density at radius 3 is 2.72 bits per heavy atom. The van der Waals surface area contributed by atoms with E-state index in [0.29, 0.717) is 39.1 Å². The SMILES string of the molecule is COc1cc(CN2CC(=O)c3c(Br)nc(N)nc32)c(Cl)c(OC)c1C. The quantitative estimate of drug-likeness (QED) is 0.750. The number of nitrogens with zero attached hydrogens (tertiary/aromatic N) is 3. The Kier molecular flexibility index (Phi) is 4.75. The number of hydrogen-bond donors (Lipinski definition) is 1. The molecule has 1 aromatic carbocycles. The van der Waals surface area contributed by atoms with Gasteiger partial charge >= 0.3 is 0 Å².